The lowest BCUT2D eigenvalue weighted by Crippen LogP contribution is -2.31. The molecule has 0 spiro atoms. The highest BCUT2D eigenvalue weighted by molar-refractivity contribution is 7.80. The maximum absolute atomic E-state index is 5.48. The number of nitrogens with one attached hydrogen (secondary N) is 2. The second-order valence-electron chi connectivity index (χ2n) is 3.63. The van der Waals surface area contributed by atoms with Gasteiger partial charge >= 0.3 is 0 Å². The molecule has 1 aliphatic heterocycles. The van der Waals surface area contributed by atoms with Crippen molar-refractivity contribution >= 4 is 23.5 Å². The number of hydrazone groups is 1. The standard InChI is InChI=1S/C12H15N3O2S/c1-2-13-12(18)15-14-8-9-3-4-10-11(7-9)17-6-5-16-10/h3-4,7-8H,2,5-6H2,1H3,(H2,13,15,18). The van der Waals surface area contributed by atoms with Crippen LogP contribution in [-0.2, 0) is 0 Å². The van der Waals surface area contributed by atoms with Crippen molar-refractivity contribution in [2.24, 2.45) is 5.10 Å². The SMILES string of the molecule is CCNC(=S)NN=Cc1ccc2c(c1)OCCO2. The average Bonchev–Trinajstić information content (AvgIpc) is 2.39. The van der Waals surface area contributed by atoms with Crippen LogP contribution in [0.5, 0.6) is 11.5 Å². The minimum Gasteiger partial charge on any atom is -0.486 e. The summed E-state index contributed by atoms with van der Waals surface area (Å²) in [5.41, 5.74) is 3.65. The van der Waals surface area contributed by atoms with E-state index in [4.69, 9.17) is 21.7 Å². The molecule has 1 aliphatic rings. The second kappa shape index (κ2) is 6.20. The van der Waals surface area contributed by atoms with Gasteiger partial charge in [-0.05, 0) is 42.9 Å². The largest absolute Gasteiger partial charge is 0.486 e. The molecule has 18 heavy (non-hydrogen) atoms. The highest BCUT2D eigenvalue weighted by atomic mass is 32.1. The summed E-state index contributed by atoms with van der Waals surface area (Å²) in [6.45, 7) is 3.92. The summed E-state index contributed by atoms with van der Waals surface area (Å²) in [7, 11) is 0. The third-order valence-corrected chi connectivity index (χ3v) is 2.52. The van der Waals surface area contributed by atoms with E-state index in [9.17, 15) is 0 Å². The Bertz CT molecular complexity index is 463. The molecule has 0 bridgehead atoms. The zero-order valence-electron chi connectivity index (χ0n) is 10.1. The number of rotatable bonds is 3. The zero-order valence-corrected chi connectivity index (χ0v) is 10.9. The molecule has 1 heterocycles. The molecule has 2 N–H and O–H groups in total. The van der Waals surface area contributed by atoms with E-state index >= 15 is 0 Å². The van der Waals surface area contributed by atoms with Gasteiger partial charge < -0.3 is 14.8 Å². The normalized spacial score (nSPS) is 13.4. The van der Waals surface area contributed by atoms with Gasteiger partial charge in [-0.3, -0.25) is 5.43 Å². The summed E-state index contributed by atoms with van der Waals surface area (Å²) in [5, 5.41) is 7.48. The number of thiocarbonyl (C=S) groups is 1. The van der Waals surface area contributed by atoms with Gasteiger partial charge in [-0.1, -0.05) is 0 Å². The van der Waals surface area contributed by atoms with Crippen LogP contribution in [0.4, 0.5) is 0 Å². The van der Waals surface area contributed by atoms with Gasteiger partial charge in [0.25, 0.3) is 0 Å². The second-order valence-corrected chi connectivity index (χ2v) is 4.04. The van der Waals surface area contributed by atoms with E-state index in [1.54, 1.807) is 6.21 Å². The van der Waals surface area contributed by atoms with Crippen LogP contribution < -0.4 is 20.2 Å². The summed E-state index contributed by atoms with van der Waals surface area (Å²) in [6, 6.07) is 5.67. The van der Waals surface area contributed by atoms with Gasteiger partial charge in [0, 0.05) is 6.54 Å². The number of nitrogens with zero attached hydrogens (tertiary/aromatic N) is 1. The van der Waals surface area contributed by atoms with E-state index in [1.807, 2.05) is 25.1 Å². The first-order valence-electron chi connectivity index (χ1n) is 5.76. The van der Waals surface area contributed by atoms with E-state index in [0.717, 1.165) is 23.6 Å². The molecular weight excluding hydrogens is 250 g/mol. The Balaban J connectivity index is 1.97. The van der Waals surface area contributed by atoms with Gasteiger partial charge in [-0.2, -0.15) is 5.10 Å². The Kier molecular flexibility index (Phi) is 4.35. The number of fused-ring (bicyclic) bond motifs is 1. The van der Waals surface area contributed by atoms with Gasteiger partial charge in [0.1, 0.15) is 13.2 Å². The molecule has 0 radical (unpaired) electrons. The van der Waals surface area contributed by atoms with Gasteiger partial charge in [0.15, 0.2) is 16.6 Å². The van der Waals surface area contributed by atoms with Gasteiger partial charge in [-0.25, -0.2) is 0 Å². The number of benzene rings is 1. The van der Waals surface area contributed by atoms with Crippen molar-refractivity contribution in [2.75, 3.05) is 19.8 Å². The number of ether oxygens (including phenoxy) is 2. The fourth-order valence-corrected chi connectivity index (χ4v) is 1.70. The molecule has 0 saturated carbocycles. The Morgan fingerprint density at radius 1 is 1.39 bits per heavy atom. The smallest absolute Gasteiger partial charge is 0.186 e. The molecule has 2 rings (SSSR count). The summed E-state index contributed by atoms with van der Waals surface area (Å²) in [6.07, 6.45) is 1.68. The van der Waals surface area contributed by atoms with Crippen LogP contribution in [0.25, 0.3) is 0 Å². The highest BCUT2D eigenvalue weighted by Gasteiger charge is 2.10. The maximum atomic E-state index is 5.48. The van der Waals surface area contributed by atoms with E-state index in [1.165, 1.54) is 0 Å². The molecule has 1 aromatic rings. The van der Waals surface area contributed by atoms with Crippen molar-refractivity contribution < 1.29 is 9.47 Å². The van der Waals surface area contributed by atoms with Crippen LogP contribution in [0.1, 0.15) is 12.5 Å². The third-order valence-electron chi connectivity index (χ3n) is 2.28. The molecule has 96 valence electrons. The Morgan fingerprint density at radius 3 is 2.94 bits per heavy atom. The van der Waals surface area contributed by atoms with Gasteiger partial charge in [0.2, 0.25) is 0 Å². The summed E-state index contributed by atoms with van der Waals surface area (Å²) < 4.78 is 10.9. The molecule has 0 aromatic heterocycles. The van der Waals surface area contributed by atoms with Crippen LogP contribution in [-0.4, -0.2) is 31.1 Å². The molecule has 6 heteroatoms. The molecular formula is C12H15N3O2S. The lowest BCUT2D eigenvalue weighted by molar-refractivity contribution is 0.171. The van der Waals surface area contributed by atoms with E-state index in [0.29, 0.717) is 18.3 Å². The van der Waals surface area contributed by atoms with Crippen molar-refractivity contribution in [2.45, 2.75) is 6.92 Å². The van der Waals surface area contributed by atoms with E-state index in [2.05, 4.69) is 15.8 Å². The zero-order chi connectivity index (χ0) is 12.8. The minimum atomic E-state index is 0.506. The summed E-state index contributed by atoms with van der Waals surface area (Å²) in [5.74, 6) is 1.52. The molecule has 5 nitrogen and oxygen atoms in total. The number of hydrogen-bond acceptors (Lipinski definition) is 4. The Labute approximate surface area is 111 Å². The van der Waals surface area contributed by atoms with Crippen LogP contribution in [0.3, 0.4) is 0 Å². The average molecular weight is 265 g/mol. The van der Waals surface area contributed by atoms with Crippen LogP contribution in [0.2, 0.25) is 0 Å². The van der Waals surface area contributed by atoms with Crippen LogP contribution in [0, 0.1) is 0 Å². The molecule has 0 unspecified atom stereocenters. The molecule has 0 aliphatic carbocycles. The van der Waals surface area contributed by atoms with E-state index in [-0.39, 0.29) is 0 Å². The first kappa shape index (κ1) is 12.6. The minimum absolute atomic E-state index is 0.506. The predicted octanol–water partition coefficient (Wildman–Crippen LogP) is 1.28. The lowest BCUT2D eigenvalue weighted by Gasteiger charge is -2.18. The van der Waals surface area contributed by atoms with Crippen molar-refractivity contribution in [1.82, 2.24) is 10.7 Å². The topological polar surface area (TPSA) is 54.9 Å². The van der Waals surface area contributed by atoms with Crippen molar-refractivity contribution in [3.63, 3.8) is 0 Å². The molecule has 0 amide bonds. The highest BCUT2D eigenvalue weighted by Crippen LogP contribution is 2.30. The van der Waals surface area contributed by atoms with Crippen LogP contribution in [0.15, 0.2) is 23.3 Å². The molecule has 0 atom stereocenters. The fraction of sp³-hybridized carbons (Fsp3) is 0.333. The molecule has 1 aromatic carbocycles. The van der Waals surface area contributed by atoms with E-state index < -0.39 is 0 Å². The van der Waals surface area contributed by atoms with Gasteiger partial charge in [-0.15, -0.1) is 0 Å². The molecule has 0 saturated heterocycles. The Morgan fingerprint density at radius 2 is 2.17 bits per heavy atom. The first-order chi connectivity index (χ1) is 8.79. The predicted molar refractivity (Wildman–Crippen MR) is 74.4 cm³/mol. The molecule has 0 fully saturated rings. The van der Waals surface area contributed by atoms with Crippen molar-refractivity contribution in [3.05, 3.63) is 23.8 Å². The van der Waals surface area contributed by atoms with Crippen LogP contribution >= 0.6 is 12.2 Å². The fourth-order valence-electron chi connectivity index (χ4n) is 1.51. The lowest BCUT2D eigenvalue weighted by atomic mass is 10.2. The third kappa shape index (κ3) is 3.33. The quantitative estimate of drug-likeness (QED) is 0.490. The monoisotopic (exact) mass is 265 g/mol. The van der Waals surface area contributed by atoms with Crippen molar-refractivity contribution in [1.29, 1.82) is 0 Å². The summed E-state index contributed by atoms with van der Waals surface area (Å²) in [4.78, 5) is 0. The maximum Gasteiger partial charge on any atom is 0.186 e. The van der Waals surface area contributed by atoms with Crippen molar-refractivity contribution in [3.8, 4) is 11.5 Å². The number of hydrogen-bond donors (Lipinski definition) is 2. The Hall–Kier alpha value is -1.82. The first-order valence-corrected chi connectivity index (χ1v) is 6.17. The van der Waals surface area contributed by atoms with Gasteiger partial charge in [0.05, 0.1) is 6.21 Å². The summed E-state index contributed by atoms with van der Waals surface area (Å²) >= 11 is 4.99.